The average molecular weight is 332 g/mol. The number of halogens is 1. The molecule has 1 amide bonds. The van der Waals surface area contributed by atoms with Crippen molar-refractivity contribution in [2.45, 2.75) is 39.8 Å². The van der Waals surface area contributed by atoms with Crippen molar-refractivity contribution in [3.8, 4) is 5.75 Å². The number of rotatable bonds is 5. The Balaban J connectivity index is 2.01. The van der Waals surface area contributed by atoms with Crippen LogP contribution in [-0.4, -0.2) is 12.0 Å². The van der Waals surface area contributed by atoms with Gasteiger partial charge in [0.1, 0.15) is 5.75 Å². The molecule has 0 saturated heterocycles. The van der Waals surface area contributed by atoms with Gasteiger partial charge in [-0.1, -0.05) is 41.4 Å². The summed E-state index contributed by atoms with van der Waals surface area (Å²) in [7, 11) is 0. The molecule has 0 bridgehead atoms. The van der Waals surface area contributed by atoms with E-state index in [1.54, 1.807) is 31.2 Å². The molecule has 3 nitrogen and oxygen atoms in total. The first kappa shape index (κ1) is 17.4. The highest BCUT2D eigenvalue weighted by Crippen LogP contribution is 2.20. The van der Waals surface area contributed by atoms with Crippen LogP contribution in [0.4, 0.5) is 0 Å². The second-order valence-corrected chi connectivity index (χ2v) is 6.24. The van der Waals surface area contributed by atoms with Crippen LogP contribution < -0.4 is 10.1 Å². The van der Waals surface area contributed by atoms with Crippen LogP contribution in [0, 0.1) is 13.8 Å². The molecule has 0 radical (unpaired) electrons. The maximum atomic E-state index is 12.3. The van der Waals surface area contributed by atoms with Crippen LogP contribution in [0.3, 0.4) is 0 Å². The summed E-state index contributed by atoms with van der Waals surface area (Å²) in [6.07, 6.45) is -0.596. The van der Waals surface area contributed by atoms with Crippen molar-refractivity contribution in [1.82, 2.24) is 5.32 Å². The summed E-state index contributed by atoms with van der Waals surface area (Å²) >= 11 is 5.92. The van der Waals surface area contributed by atoms with Crippen LogP contribution in [0.1, 0.15) is 36.6 Å². The Morgan fingerprint density at radius 3 is 2.57 bits per heavy atom. The third kappa shape index (κ3) is 4.73. The van der Waals surface area contributed by atoms with Crippen molar-refractivity contribution in [2.24, 2.45) is 0 Å². The summed E-state index contributed by atoms with van der Waals surface area (Å²) in [6.45, 7) is 7.80. The Bertz CT molecular complexity index is 700. The van der Waals surface area contributed by atoms with E-state index in [4.69, 9.17) is 16.3 Å². The first-order chi connectivity index (χ1) is 10.9. The summed E-state index contributed by atoms with van der Waals surface area (Å²) in [5.74, 6) is 0.429. The summed E-state index contributed by atoms with van der Waals surface area (Å²) in [5, 5.41) is 3.58. The number of benzene rings is 2. The van der Waals surface area contributed by atoms with E-state index in [2.05, 4.69) is 23.5 Å². The number of ether oxygens (including phenoxy) is 1. The first-order valence-electron chi connectivity index (χ1n) is 7.66. The zero-order valence-corrected chi connectivity index (χ0v) is 14.6. The molecule has 2 atom stereocenters. The van der Waals surface area contributed by atoms with Gasteiger partial charge in [-0.25, -0.2) is 0 Å². The smallest absolute Gasteiger partial charge is 0.261 e. The van der Waals surface area contributed by atoms with Crippen LogP contribution in [0.5, 0.6) is 5.75 Å². The maximum Gasteiger partial charge on any atom is 0.261 e. The van der Waals surface area contributed by atoms with Gasteiger partial charge in [0.2, 0.25) is 0 Å². The lowest BCUT2D eigenvalue weighted by Gasteiger charge is -2.20. The predicted molar refractivity (Wildman–Crippen MR) is 94.0 cm³/mol. The molecule has 0 aliphatic heterocycles. The SMILES string of the molecule is Cc1ccc(C)c([C@H](C)NC(=O)[C@@H](C)Oc2cccc(Cl)c2)c1. The fourth-order valence-electron chi connectivity index (χ4n) is 2.43. The molecule has 0 unspecified atom stereocenters. The van der Waals surface area contributed by atoms with E-state index >= 15 is 0 Å². The molecule has 0 spiro atoms. The number of aryl methyl sites for hydroxylation is 2. The number of hydrogen-bond donors (Lipinski definition) is 1. The molecule has 4 heteroatoms. The maximum absolute atomic E-state index is 12.3. The molecule has 1 N–H and O–H groups in total. The van der Waals surface area contributed by atoms with Gasteiger partial charge in [-0.15, -0.1) is 0 Å². The molecule has 0 aliphatic rings. The van der Waals surface area contributed by atoms with Crippen LogP contribution in [0.25, 0.3) is 0 Å². The summed E-state index contributed by atoms with van der Waals surface area (Å²) in [6, 6.07) is 13.2. The van der Waals surface area contributed by atoms with Crippen LogP contribution in [0.2, 0.25) is 5.02 Å². The van der Waals surface area contributed by atoms with E-state index in [0.717, 1.165) is 11.1 Å². The Morgan fingerprint density at radius 1 is 1.13 bits per heavy atom. The van der Waals surface area contributed by atoms with Gasteiger partial charge in [0, 0.05) is 5.02 Å². The molecule has 2 aromatic carbocycles. The van der Waals surface area contributed by atoms with Crippen molar-refractivity contribution in [1.29, 1.82) is 0 Å². The highest BCUT2D eigenvalue weighted by atomic mass is 35.5. The van der Waals surface area contributed by atoms with Gasteiger partial charge in [-0.05, 0) is 57.0 Å². The zero-order valence-electron chi connectivity index (χ0n) is 13.9. The van der Waals surface area contributed by atoms with Gasteiger partial charge in [-0.2, -0.15) is 0 Å². The highest BCUT2D eigenvalue weighted by Gasteiger charge is 2.18. The van der Waals surface area contributed by atoms with E-state index in [1.165, 1.54) is 5.56 Å². The molecule has 0 aliphatic carbocycles. The topological polar surface area (TPSA) is 38.3 Å². The number of amides is 1. The van der Waals surface area contributed by atoms with Gasteiger partial charge >= 0.3 is 0 Å². The fraction of sp³-hybridized carbons (Fsp3) is 0.316. The fourth-order valence-corrected chi connectivity index (χ4v) is 2.61. The van der Waals surface area contributed by atoms with E-state index < -0.39 is 6.10 Å². The largest absolute Gasteiger partial charge is 0.481 e. The van der Waals surface area contributed by atoms with Crippen LogP contribution >= 0.6 is 11.6 Å². The molecular weight excluding hydrogens is 310 g/mol. The minimum atomic E-state index is -0.596. The second kappa shape index (κ2) is 7.51. The Labute approximate surface area is 142 Å². The van der Waals surface area contributed by atoms with Crippen molar-refractivity contribution >= 4 is 17.5 Å². The molecule has 122 valence electrons. The predicted octanol–water partition coefficient (Wildman–Crippen LogP) is 4.60. The normalized spacial score (nSPS) is 13.3. The van der Waals surface area contributed by atoms with Gasteiger partial charge in [0.15, 0.2) is 6.10 Å². The second-order valence-electron chi connectivity index (χ2n) is 5.81. The summed E-state index contributed by atoms with van der Waals surface area (Å²) in [4.78, 5) is 12.3. The summed E-state index contributed by atoms with van der Waals surface area (Å²) < 4.78 is 5.65. The van der Waals surface area contributed by atoms with Crippen molar-refractivity contribution in [3.63, 3.8) is 0 Å². The molecule has 2 rings (SSSR count). The third-order valence-electron chi connectivity index (χ3n) is 3.74. The minimum absolute atomic E-state index is 0.0761. The number of hydrogen-bond acceptors (Lipinski definition) is 2. The Kier molecular flexibility index (Phi) is 5.67. The van der Waals surface area contributed by atoms with E-state index in [0.29, 0.717) is 10.8 Å². The molecule has 0 aromatic heterocycles. The molecule has 2 aromatic rings. The van der Waals surface area contributed by atoms with E-state index in [1.807, 2.05) is 20.8 Å². The zero-order chi connectivity index (χ0) is 17.0. The standard InChI is InChI=1S/C19H22ClNO2/c1-12-8-9-13(2)18(10-12)14(3)21-19(22)15(4)23-17-7-5-6-16(20)11-17/h5-11,14-15H,1-4H3,(H,21,22)/t14-,15+/m0/s1. The third-order valence-corrected chi connectivity index (χ3v) is 3.97. The summed E-state index contributed by atoms with van der Waals surface area (Å²) in [5.41, 5.74) is 3.45. The lowest BCUT2D eigenvalue weighted by atomic mass is 10.00. The minimum Gasteiger partial charge on any atom is -0.481 e. The lowest BCUT2D eigenvalue weighted by molar-refractivity contribution is -0.127. The number of carbonyl (C=O) groups is 1. The lowest BCUT2D eigenvalue weighted by Crippen LogP contribution is -2.38. The molecule has 0 heterocycles. The van der Waals surface area contributed by atoms with Gasteiger partial charge in [0.05, 0.1) is 6.04 Å². The molecule has 0 saturated carbocycles. The number of carbonyl (C=O) groups excluding carboxylic acids is 1. The number of nitrogens with one attached hydrogen (secondary N) is 1. The van der Waals surface area contributed by atoms with Crippen molar-refractivity contribution < 1.29 is 9.53 Å². The van der Waals surface area contributed by atoms with Crippen LogP contribution in [0.15, 0.2) is 42.5 Å². The Hall–Kier alpha value is -2.00. The van der Waals surface area contributed by atoms with E-state index in [9.17, 15) is 4.79 Å². The van der Waals surface area contributed by atoms with Crippen molar-refractivity contribution in [2.75, 3.05) is 0 Å². The average Bonchev–Trinajstić information content (AvgIpc) is 2.49. The van der Waals surface area contributed by atoms with Crippen LogP contribution in [-0.2, 0) is 4.79 Å². The quantitative estimate of drug-likeness (QED) is 0.869. The molecule has 0 fully saturated rings. The van der Waals surface area contributed by atoms with Gasteiger partial charge in [-0.3, -0.25) is 4.79 Å². The molecule has 23 heavy (non-hydrogen) atoms. The van der Waals surface area contributed by atoms with Crippen molar-refractivity contribution in [3.05, 3.63) is 64.2 Å². The Morgan fingerprint density at radius 2 is 1.87 bits per heavy atom. The monoisotopic (exact) mass is 331 g/mol. The molecular formula is C19H22ClNO2. The highest BCUT2D eigenvalue weighted by molar-refractivity contribution is 6.30. The van der Waals surface area contributed by atoms with Gasteiger partial charge in [0.25, 0.3) is 5.91 Å². The first-order valence-corrected chi connectivity index (χ1v) is 8.04. The van der Waals surface area contributed by atoms with Gasteiger partial charge < -0.3 is 10.1 Å². The van der Waals surface area contributed by atoms with E-state index in [-0.39, 0.29) is 11.9 Å².